The lowest BCUT2D eigenvalue weighted by Crippen LogP contribution is -2.05. The molecule has 0 aliphatic carbocycles. The van der Waals surface area contributed by atoms with Gasteiger partial charge in [-0.3, -0.25) is 9.36 Å². The van der Waals surface area contributed by atoms with E-state index in [2.05, 4.69) is 51.3 Å². The molecule has 0 spiro atoms. The van der Waals surface area contributed by atoms with E-state index >= 15 is 0 Å². The van der Waals surface area contributed by atoms with Crippen molar-refractivity contribution >= 4 is 22.5 Å². The predicted molar refractivity (Wildman–Crippen MR) is 171 cm³/mol. The number of hydrogen-bond acceptors (Lipinski definition) is 2. The second-order valence-corrected chi connectivity index (χ2v) is 10.4. The summed E-state index contributed by atoms with van der Waals surface area (Å²) in [6.07, 6.45) is 0. The Bertz CT molecular complexity index is 2060. The van der Waals surface area contributed by atoms with E-state index < -0.39 is 0 Å². The van der Waals surface area contributed by atoms with Crippen molar-refractivity contribution in [1.29, 1.82) is 0 Å². The fourth-order valence-corrected chi connectivity index (χ4v) is 5.61. The number of nitrogens with one attached hydrogen (secondary N) is 2. The van der Waals surface area contributed by atoms with E-state index in [1.54, 1.807) is 12.1 Å². The van der Waals surface area contributed by atoms with Crippen LogP contribution in [-0.2, 0) is 4.79 Å². The molecule has 7 rings (SSSR count). The number of amides is 1. The lowest BCUT2D eigenvalue weighted by molar-refractivity contribution is -0.114. The highest BCUT2D eigenvalue weighted by Gasteiger charge is 2.27. The van der Waals surface area contributed by atoms with Crippen LogP contribution < -0.4 is 5.32 Å². The third-order valence-electron chi connectivity index (χ3n) is 7.46. The van der Waals surface area contributed by atoms with Gasteiger partial charge in [0.2, 0.25) is 5.91 Å². The molecule has 0 fully saturated rings. The maximum atomic E-state index is 14.9. The van der Waals surface area contributed by atoms with Crippen molar-refractivity contribution in [2.75, 3.05) is 5.32 Å². The summed E-state index contributed by atoms with van der Waals surface area (Å²) in [5, 5.41) is 3.55. The van der Waals surface area contributed by atoms with Gasteiger partial charge in [0.25, 0.3) is 0 Å². The molecule has 0 saturated heterocycles. The highest BCUT2D eigenvalue weighted by molar-refractivity contribution is 6.04. The Hall–Kier alpha value is -5.75. The minimum atomic E-state index is -0.329. The van der Waals surface area contributed by atoms with Gasteiger partial charge in [-0.1, -0.05) is 91.0 Å². The van der Waals surface area contributed by atoms with Gasteiger partial charge >= 0.3 is 0 Å². The molecule has 2 aromatic heterocycles. The number of imidazole rings is 1. The molecule has 2 heterocycles. The molecule has 2 N–H and O–H groups in total. The van der Waals surface area contributed by atoms with E-state index in [0.29, 0.717) is 11.5 Å². The van der Waals surface area contributed by atoms with Crippen LogP contribution in [0.1, 0.15) is 6.92 Å². The molecule has 6 heteroatoms. The Balaban J connectivity index is 1.58. The maximum absolute atomic E-state index is 14.9. The van der Waals surface area contributed by atoms with Crippen LogP contribution in [0.2, 0.25) is 0 Å². The van der Waals surface area contributed by atoms with Gasteiger partial charge in [-0.15, -0.1) is 0 Å². The number of H-pyrrole nitrogens is 1. The molecule has 7 aromatic rings. The van der Waals surface area contributed by atoms with E-state index in [9.17, 15) is 9.18 Å². The summed E-state index contributed by atoms with van der Waals surface area (Å²) >= 11 is 0. The molecule has 0 atom stereocenters. The topological polar surface area (TPSA) is 62.7 Å². The molecule has 0 unspecified atom stereocenters. The molecular weight excluding hydrogens is 535 g/mol. The summed E-state index contributed by atoms with van der Waals surface area (Å²) in [6.45, 7) is 1.48. The SMILES string of the molecule is CC(=O)Nc1ccc(-c2[nH]c3ccc(F)cc3c2-c2nc(-c3ccccc3)c(-c3ccccc3)n2-c2ccccc2)cc1. The van der Waals surface area contributed by atoms with Gasteiger partial charge in [0, 0.05) is 40.3 Å². The first-order chi connectivity index (χ1) is 21.1. The average molecular weight is 563 g/mol. The molecule has 5 nitrogen and oxygen atoms in total. The summed E-state index contributed by atoms with van der Waals surface area (Å²) in [5.41, 5.74) is 8.64. The Labute approximate surface area is 248 Å². The number of para-hydroxylation sites is 1. The number of carbonyl (C=O) groups excluding carboxylic acids is 1. The van der Waals surface area contributed by atoms with Gasteiger partial charge in [0.15, 0.2) is 0 Å². The first-order valence-corrected chi connectivity index (χ1v) is 14.1. The van der Waals surface area contributed by atoms with Crippen LogP contribution in [0.5, 0.6) is 0 Å². The van der Waals surface area contributed by atoms with Crippen molar-refractivity contribution < 1.29 is 9.18 Å². The van der Waals surface area contributed by atoms with Gasteiger partial charge in [0.05, 0.1) is 22.6 Å². The number of benzene rings is 5. The number of anilines is 1. The van der Waals surface area contributed by atoms with Crippen molar-refractivity contribution in [1.82, 2.24) is 14.5 Å². The van der Waals surface area contributed by atoms with Gasteiger partial charge in [-0.05, 0) is 48.0 Å². The van der Waals surface area contributed by atoms with Gasteiger partial charge in [0.1, 0.15) is 11.6 Å². The van der Waals surface area contributed by atoms with Crippen LogP contribution in [0.3, 0.4) is 0 Å². The second-order valence-electron chi connectivity index (χ2n) is 10.4. The van der Waals surface area contributed by atoms with E-state index in [4.69, 9.17) is 4.98 Å². The Morgan fingerprint density at radius 1 is 0.744 bits per heavy atom. The van der Waals surface area contributed by atoms with E-state index in [1.165, 1.54) is 13.0 Å². The Morgan fingerprint density at radius 2 is 1.37 bits per heavy atom. The second kappa shape index (κ2) is 10.9. The van der Waals surface area contributed by atoms with Gasteiger partial charge < -0.3 is 10.3 Å². The number of carbonyl (C=O) groups is 1. The van der Waals surface area contributed by atoms with Crippen LogP contribution in [0, 0.1) is 5.82 Å². The lowest BCUT2D eigenvalue weighted by Gasteiger charge is -2.14. The normalized spacial score (nSPS) is 11.1. The Kier molecular flexibility index (Phi) is 6.64. The van der Waals surface area contributed by atoms with Crippen LogP contribution in [-0.4, -0.2) is 20.4 Å². The number of aromatic nitrogens is 3. The number of aromatic amines is 1. The largest absolute Gasteiger partial charge is 0.354 e. The first kappa shape index (κ1) is 26.2. The van der Waals surface area contributed by atoms with E-state index in [0.717, 1.165) is 55.9 Å². The fourth-order valence-electron chi connectivity index (χ4n) is 5.61. The minimum Gasteiger partial charge on any atom is -0.354 e. The van der Waals surface area contributed by atoms with E-state index in [-0.39, 0.29) is 11.7 Å². The summed E-state index contributed by atoms with van der Waals surface area (Å²) in [7, 11) is 0. The number of hydrogen-bond donors (Lipinski definition) is 2. The maximum Gasteiger partial charge on any atom is 0.221 e. The summed E-state index contributed by atoms with van der Waals surface area (Å²) < 4.78 is 17.0. The van der Waals surface area contributed by atoms with Crippen LogP contribution in [0.25, 0.3) is 61.8 Å². The van der Waals surface area contributed by atoms with Crippen molar-refractivity contribution in [3.8, 4) is 50.8 Å². The predicted octanol–water partition coefficient (Wildman–Crippen LogP) is 9.12. The molecule has 208 valence electrons. The van der Waals surface area contributed by atoms with Crippen molar-refractivity contribution in [3.05, 3.63) is 139 Å². The molecule has 0 aliphatic rings. The lowest BCUT2D eigenvalue weighted by atomic mass is 10.0. The quantitative estimate of drug-likeness (QED) is 0.212. The monoisotopic (exact) mass is 562 g/mol. The summed E-state index contributed by atoms with van der Waals surface area (Å²) in [5.74, 6) is 0.215. The Morgan fingerprint density at radius 3 is 2.02 bits per heavy atom. The molecule has 1 amide bonds. The smallest absolute Gasteiger partial charge is 0.221 e. The molecule has 5 aromatic carbocycles. The van der Waals surface area contributed by atoms with Gasteiger partial charge in [-0.2, -0.15) is 0 Å². The van der Waals surface area contributed by atoms with Crippen molar-refractivity contribution in [3.63, 3.8) is 0 Å². The van der Waals surface area contributed by atoms with Gasteiger partial charge in [-0.25, -0.2) is 9.37 Å². The standard InChI is InChI=1S/C37H27FN4O/c1-24(43)39-29-20-17-26(18-21-29)34-33(31-23-28(38)19-22-32(31)40-34)37-41-35(25-11-5-2-6-12-25)36(27-13-7-3-8-14-27)42(37)30-15-9-4-10-16-30/h2-23,40H,1H3,(H,39,43). The summed E-state index contributed by atoms with van der Waals surface area (Å²) in [6, 6.07) is 42.9. The molecule has 43 heavy (non-hydrogen) atoms. The number of halogens is 1. The highest BCUT2D eigenvalue weighted by atomic mass is 19.1. The van der Waals surface area contributed by atoms with Crippen LogP contribution >= 0.6 is 0 Å². The average Bonchev–Trinajstić information content (AvgIpc) is 3.61. The molecule has 0 saturated carbocycles. The molecule has 0 bridgehead atoms. The van der Waals surface area contributed by atoms with Crippen molar-refractivity contribution in [2.45, 2.75) is 6.92 Å². The number of fused-ring (bicyclic) bond motifs is 1. The number of rotatable bonds is 6. The first-order valence-electron chi connectivity index (χ1n) is 14.1. The van der Waals surface area contributed by atoms with Crippen LogP contribution in [0.4, 0.5) is 10.1 Å². The molecule has 0 radical (unpaired) electrons. The fraction of sp³-hybridized carbons (Fsp3) is 0.0270. The zero-order chi connectivity index (χ0) is 29.3. The molecule has 0 aliphatic heterocycles. The number of nitrogens with zero attached hydrogens (tertiary/aromatic N) is 2. The molecular formula is C37H27FN4O. The summed E-state index contributed by atoms with van der Waals surface area (Å²) in [4.78, 5) is 20.5. The highest BCUT2D eigenvalue weighted by Crippen LogP contribution is 2.44. The third-order valence-corrected chi connectivity index (χ3v) is 7.46. The zero-order valence-electron chi connectivity index (χ0n) is 23.4. The third kappa shape index (κ3) is 4.89. The van der Waals surface area contributed by atoms with E-state index in [1.807, 2.05) is 78.9 Å². The van der Waals surface area contributed by atoms with Crippen molar-refractivity contribution in [2.24, 2.45) is 0 Å². The van der Waals surface area contributed by atoms with Crippen LogP contribution in [0.15, 0.2) is 133 Å². The zero-order valence-corrected chi connectivity index (χ0v) is 23.4. The minimum absolute atomic E-state index is 0.138.